The Labute approximate surface area is 168 Å². The minimum atomic E-state index is -3.45. The summed E-state index contributed by atoms with van der Waals surface area (Å²) in [5.41, 5.74) is 1.84. The fraction of sp³-hybridized carbons (Fsp3) is 0.381. The van der Waals surface area contributed by atoms with Crippen LogP contribution in [0.2, 0.25) is 0 Å². The average Bonchev–Trinajstić information content (AvgIpc) is 2.72. The maximum atomic E-state index is 12.6. The zero-order valence-corrected chi connectivity index (χ0v) is 17.8. The molecule has 6 nitrogen and oxygen atoms in total. The normalized spacial score (nSPS) is 12.8. The van der Waals surface area contributed by atoms with Gasteiger partial charge in [-0.15, -0.1) is 0 Å². The Hall–Kier alpha value is -2.22. The molecule has 1 amide bonds. The lowest BCUT2D eigenvalue weighted by Gasteiger charge is -2.19. The van der Waals surface area contributed by atoms with Crippen molar-refractivity contribution in [1.82, 2.24) is 4.31 Å². The lowest BCUT2D eigenvalue weighted by molar-refractivity contribution is -0.682. The van der Waals surface area contributed by atoms with Crippen molar-refractivity contribution in [2.45, 2.75) is 31.7 Å². The lowest BCUT2D eigenvalue weighted by Crippen LogP contribution is -2.87. The fourth-order valence-electron chi connectivity index (χ4n) is 3.00. The predicted octanol–water partition coefficient (Wildman–Crippen LogP) is 2.00. The summed E-state index contributed by atoms with van der Waals surface area (Å²) in [6.07, 6.45) is 0. The van der Waals surface area contributed by atoms with Crippen LogP contribution in [0.25, 0.3) is 0 Å². The molecule has 2 rings (SSSR count). The Balaban J connectivity index is 1.99. The first-order valence-corrected chi connectivity index (χ1v) is 11.0. The molecule has 7 heteroatoms. The minimum absolute atomic E-state index is 0.0128. The summed E-state index contributed by atoms with van der Waals surface area (Å²) in [6, 6.07) is 16.5. The van der Waals surface area contributed by atoms with Gasteiger partial charge in [-0.25, -0.2) is 8.42 Å². The number of quaternary nitrogens is 1. The molecular formula is C21H30N3O3S+. The van der Waals surface area contributed by atoms with Crippen molar-refractivity contribution < 1.29 is 18.5 Å². The SMILES string of the molecule is CCN(CC)S(=O)(=O)c1ccc([C@H](C)[NH2+]CC(=O)N(C)c2ccccc2)cc1. The molecule has 0 saturated heterocycles. The summed E-state index contributed by atoms with van der Waals surface area (Å²) in [7, 11) is -1.68. The quantitative estimate of drug-likeness (QED) is 0.695. The van der Waals surface area contributed by atoms with Gasteiger partial charge < -0.3 is 10.2 Å². The molecule has 2 aromatic carbocycles. The van der Waals surface area contributed by atoms with Crippen LogP contribution in [-0.2, 0) is 14.8 Å². The minimum Gasteiger partial charge on any atom is -0.333 e. The zero-order chi connectivity index (χ0) is 20.7. The van der Waals surface area contributed by atoms with Gasteiger partial charge in [-0.1, -0.05) is 44.2 Å². The molecule has 0 saturated carbocycles. The molecule has 0 bridgehead atoms. The van der Waals surface area contributed by atoms with Crippen LogP contribution in [-0.4, -0.2) is 45.3 Å². The molecule has 0 unspecified atom stereocenters. The summed E-state index contributed by atoms with van der Waals surface area (Å²) in [5, 5.41) is 1.95. The standard InChI is InChI=1S/C21H29N3O3S/c1-5-24(6-2)28(26,27)20-14-12-18(13-15-20)17(3)22-16-21(25)23(4)19-10-8-7-9-11-19/h7-15,17,22H,5-6,16H2,1-4H3/p+1/t17-/m0/s1. The number of amides is 1. The Morgan fingerprint density at radius 1 is 1.00 bits per heavy atom. The number of hydrogen-bond donors (Lipinski definition) is 1. The van der Waals surface area contributed by atoms with E-state index >= 15 is 0 Å². The van der Waals surface area contributed by atoms with Gasteiger partial charge in [0.25, 0.3) is 5.91 Å². The number of carbonyl (C=O) groups is 1. The van der Waals surface area contributed by atoms with Gasteiger partial charge in [0.05, 0.1) is 4.90 Å². The maximum absolute atomic E-state index is 12.6. The number of benzene rings is 2. The molecule has 2 N–H and O–H groups in total. The maximum Gasteiger partial charge on any atom is 0.281 e. The number of hydrogen-bond acceptors (Lipinski definition) is 3. The van der Waals surface area contributed by atoms with E-state index in [1.807, 2.05) is 68.6 Å². The molecule has 0 fully saturated rings. The summed E-state index contributed by atoms with van der Waals surface area (Å²) < 4.78 is 26.6. The van der Waals surface area contributed by atoms with Crippen LogP contribution in [0.3, 0.4) is 0 Å². The molecule has 0 aliphatic heterocycles. The number of rotatable bonds is 9. The first-order valence-electron chi connectivity index (χ1n) is 9.56. The van der Waals surface area contributed by atoms with E-state index in [1.165, 1.54) is 4.31 Å². The van der Waals surface area contributed by atoms with Crippen LogP contribution in [0.1, 0.15) is 32.4 Å². The third-order valence-electron chi connectivity index (χ3n) is 4.91. The average molecular weight is 405 g/mol. The van der Waals surface area contributed by atoms with Crippen molar-refractivity contribution in [1.29, 1.82) is 0 Å². The third kappa shape index (κ3) is 5.19. The Kier molecular flexibility index (Phi) is 7.74. The van der Waals surface area contributed by atoms with Gasteiger partial charge in [-0.05, 0) is 31.2 Å². The van der Waals surface area contributed by atoms with E-state index in [9.17, 15) is 13.2 Å². The van der Waals surface area contributed by atoms with Gasteiger partial charge in [-0.3, -0.25) is 4.79 Å². The second-order valence-corrected chi connectivity index (χ2v) is 8.61. The van der Waals surface area contributed by atoms with E-state index in [4.69, 9.17) is 0 Å². The first kappa shape index (κ1) is 22.1. The molecule has 1 atom stereocenters. The first-order chi connectivity index (χ1) is 13.3. The molecule has 0 aliphatic rings. The van der Waals surface area contributed by atoms with Crippen molar-refractivity contribution >= 4 is 21.6 Å². The number of carbonyl (C=O) groups excluding carboxylic acids is 1. The Bertz CT molecular complexity index is 864. The van der Waals surface area contributed by atoms with Crippen LogP contribution in [0.4, 0.5) is 5.69 Å². The highest BCUT2D eigenvalue weighted by Crippen LogP contribution is 2.18. The van der Waals surface area contributed by atoms with Crippen LogP contribution in [0, 0.1) is 0 Å². The van der Waals surface area contributed by atoms with E-state index in [1.54, 1.807) is 24.1 Å². The van der Waals surface area contributed by atoms with Crippen LogP contribution in [0.15, 0.2) is 59.5 Å². The highest BCUT2D eigenvalue weighted by Gasteiger charge is 2.22. The molecule has 0 heterocycles. The van der Waals surface area contributed by atoms with Crippen molar-refractivity contribution in [3.8, 4) is 0 Å². The van der Waals surface area contributed by atoms with E-state index in [-0.39, 0.29) is 11.9 Å². The zero-order valence-electron chi connectivity index (χ0n) is 17.0. The number of nitrogens with two attached hydrogens (primary N) is 1. The summed E-state index contributed by atoms with van der Waals surface area (Å²) >= 11 is 0. The Morgan fingerprint density at radius 3 is 2.11 bits per heavy atom. The number of anilines is 1. The van der Waals surface area contributed by atoms with E-state index in [0.717, 1.165) is 11.3 Å². The summed E-state index contributed by atoms with van der Waals surface area (Å²) in [6.45, 7) is 6.87. The molecular weight excluding hydrogens is 374 g/mol. The van der Waals surface area contributed by atoms with E-state index in [0.29, 0.717) is 24.5 Å². The molecule has 0 radical (unpaired) electrons. The molecule has 2 aromatic rings. The van der Waals surface area contributed by atoms with Crippen LogP contribution < -0.4 is 10.2 Å². The van der Waals surface area contributed by atoms with E-state index < -0.39 is 10.0 Å². The largest absolute Gasteiger partial charge is 0.333 e. The molecule has 152 valence electrons. The van der Waals surface area contributed by atoms with Crippen molar-refractivity contribution in [3.05, 3.63) is 60.2 Å². The van der Waals surface area contributed by atoms with Crippen LogP contribution >= 0.6 is 0 Å². The topological polar surface area (TPSA) is 74.3 Å². The van der Waals surface area contributed by atoms with Gasteiger partial charge in [0.1, 0.15) is 6.04 Å². The predicted molar refractivity (Wildman–Crippen MR) is 112 cm³/mol. The lowest BCUT2D eigenvalue weighted by atomic mass is 10.1. The van der Waals surface area contributed by atoms with Gasteiger partial charge in [0.2, 0.25) is 10.0 Å². The van der Waals surface area contributed by atoms with Crippen molar-refractivity contribution in [2.24, 2.45) is 0 Å². The molecule has 28 heavy (non-hydrogen) atoms. The van der Waals surface area contributed by atoms with Crippen molar-refractivity contribution in [3.63, 3.8) is 0 Å². The van der Waals surface area contributed by atoms with Crippen molar-refractivity contribution in [2.75, 3.05) is 31.6 Å². The van der Waals surface area contributed by atoms with Gasteiger partial charge in [0.15, 0.2) is 6.54 Å². The second-order valence-electron chi connectivity index (χ2n) is 6.68. The summed E-state index contributed by atoms with van der Waals surface area (Å²) in [4.78, 5) is 14.4. The number of para-hydroxylation sites is 1. The fourth-order valence-corrected chi connectivity index (χ4v) is 4.46. The molecule has 0 aliphatic carbocycles. The number of likely N-dealkylation sites (N-methyl/N-ethyl adjacent to an activating group) is 1. The molecule has 0 aromatic heterocycles. The Morgan fingerprint density at radius 2 is 1.57 bits per heavy atom. The number of nitrogens with zero attached hydrogens (tertiary/aromatic N) is 2. The summed E-state index contributed by atoms with van der Waals surface area (Å²) in [5.74, 6) is 0.0128. The third-order valence-corrected chi connectivity index (χ3v) is 6.98. The van der Waals surface area contributed by atoms with Gasteiger partial charge >= 0.3 is 0 Å². The van der Waals surface area contributed by atoms with Gasteiger partial charge in [-0.2, -0.15) is 4.31 Å². The smallest absolute Gasteiger partial charge is 0.281 e. The highest BCUT2D eigenvalue weighted by atomic mass is 32.2. The second kappa shape index (κ2) is 9.82. The van der Waals surface area contributed by atoms with Gasteiger partial charge in [0, 0.05) is 31.4 Å². The van der Waals surface area contributed by atoms with Crippen LogP contribution in [0.5, 0.6) is 0 Å². The molecule has 0 spiro atoms. The number of sulfonamides is 1. The monoisotopic (exact) mass is 404 g/mol. The highest BCUT2D eigenvalue weighted by molar-refractivity contribution is 7.89. The van der Waals surface area contributed by atoms with E-state index in [2.05, 4.69) is 0 Å².